The summed E-state index contributed by atoms with van der Waals surface area (Å²) >= 11 is 0. The van der Waals surface area contributed by atoms with Gasteiger partial charge in [-0.1, -0.05) is 12.1 Å². The third kappa shape index (κ3) is 4.96. The lowest BCUT2D eigenvalue weighted by atomic mass is 10.1. The van der Waals surface area contributed by atoms with Gasteiger partial charge in [0.05, 0.1) is 6.42 Å². The minimum Gasteiger partial charge on any atom is -0.483 e. The average Bonchev–Trinajstić information content (AvgIpc) is 2.54. The van der Waals surface area contributed by atoms with Crippen LogP contribution in [-0.2, 0) is 9.59 Å². The van der Waals surface area contributed by atoms with Crippen molar-refractivity contribution >= 4 is 11.9 Å². The molecule has 1 N–H and O–H groups in total. The molecule has 1 aliphatic heterocycles. The number of aryl methyl sites for hydroxylation is 1. The molecule has 126 valence electrons. The maximum absolute atomic E-state index is 12.2. The van der Waals surface area contributed by atoms with E-state index in [4.69, 9.17) is 9.84 Å². The van der Waals surface area contributed by atoms with Crippen LogP contribution in [-0.4, -0.2) is 66.1 Å². The van der Waals surface area contributed by atoms with Crippen molar-refractivity contribution in [1.82, 2.24) is 9.80 Å². The maximum Gasteiger partial charge on any atom is 0.304 e. The molecule has 0 atom stereocenters. The number of amides is 1. The van der Waals surface area contributed by atoms with Gasteiger partial charge in [-0.05, 0) is 31.0 Å². The Morgan fingerprint density at radius 1 is 1.17 bits per heavy atom. The molecule has 0 radical (unpaired) electrons. The van der Waals surface area contributed by atoms with Gasteiger partial charge in [0, 0.05) is 32.7 Å². The van der Waals surface area contributed by atoms with Crippen LogP contribution >= 0.6 is 0 Å². The predicted molar refractivity (Wildman–Crippen MR) is 86.7 cm³/mol. The van der Waals surface area contributed by atoms with Gasteiger partial charge in [0.25, 0.3) is 5.91 Å². The smallest absolute Gasteiger partial charge is 0.304 e. The predicted octanol–water partition coefficient (Wildman–Crippen LogP) is 1.30. The Morgan fingerprint density at radius 3 is 2.52 bits per heavy atom. The monoisotopic (exact) mass is 320 g/mol. The molecule has 1 amide bonds. The van der Waals surface area contributed by atoms with Crippen LogP contribution in [0, 0.1) is 13.8 Å². The van der Waals surface area contributed by atoms with Gasteiger partial charge >= 0.3 is 5.97 Å². The van der Waals surface area contributed by atoms with Gasteiger partial charge in [-0.25, -0.2) is 0 Å². The van der Waals surface area contributed by atoms with E-state index in [1.165, 1.54) is 0 Å². The largest absolute Gasteiger partial charge is 0.483 e. The van der Waals surface area contributed by atoms with Crippen LogP contribution in [0.5, 0.6) is 5.75 Å². The molecule has 0 aromatic heterocycles. The number of ether oxygens (including phenoxy) is 1. The summed E-state index contributed by atoms with van der Waals surface area (Å²) in [5.41, 5.74) is 2.20. The minimum atomic E-state index is -0.787. The van der Waals surface area contributed by atoms with Crippen molar-refractivity contribution in [2.45, 2.75) is 20.3 Å². The Bertz CT molecular complexity index is 566. The van der Waals surface area contributed by atoms with Gasteiger partial charge in [0.15, 0.2) is 6.61 Å². The highest BCUT2D eigenvalue weighted by Crippen LogP contribution is 2.20. The van der Waals surface area contributed by atoms with E-state index < -0.39 is 5.97 Å². The van der Waals surface area contributed by atoms with Crippen molar-refractivity contribution in [3.8, 4) is 5.75 Å². The second kappa shape index (κ2) is 7.97. The molecule has 0 unspecified atom stereocenters. The first-order valence-corrected chi connectivity index (χ1v) is 7.88. The number of carbonyl (C=O) groups is 2. The number of carbonyl (C=O) groups excluding carboxylic acids is 1. The van der Waals surface area contributed by atoms with Crippen molar-refractivity contribution in [1.29, 1.82) is 0 Å². The van der Waals surface area contributed by atoms with Gasteiger partial charge < -0.3 is 14.7 Å². The van der Waals surface area contributed by atoms with Crippen LogP contribution in [0.1, 0.15) is 17.5 Å². The van der Waals surface area contributed by atoms with Crippen LogP contribution in [0.15, 0.2) is 18.2 Å². The Kier molecular flexibility index (Phi) is 5.98. The van der Waals surface area contributed by atoms with Crippen molar-refractivity contribution in [3.05, 3.63) is 29.3 Å². The highest BCUT2D eigenvalue weighted by Gasteiger charge is 2.21. The Morgan fingerprint density at radius 2 is 1.87 bits per heavy atom. The van der Waals surface area contributed by atoms with Crippen molar-refractivity contribution in [3.63, 3.8) is 0 Å². The maximum atomic E-state index is 12.2. The number of nitrogens with zero attached hydrogens (tertiary/aromatic N) is 2. The molecule has 1 aromatic rings. The van der Waals surface area contributed by atoms with Gasteiger partial charge in [0.1, 0.15) is 5.75 Å². The van der Waals surface area contributed by atoms with Crippen LogP contribution in [0.4, 0.5) is 0 Å². The molecule has 1 aliphatic rings. The first-order valence-electron chi connectivity index (χ1n) is 7.88. The zero-order chi connectivity index (χ0) is 16.8. The van der Waals surface area contributed by atoms with Crippen LogP contribution in [0.25, 0.3) is 0 Å². The van der Waals surface area contributed by atoms with Gasteiger partial charge in [0.2, 0.25) is 0 Å². The first kappa shape index (κ1) is 17.3. The number of carboxylic acid groups (broad SMARTS) is 1. The second-order valence-corrected chi connectivity index (χ2v) is 5.85. The van der Waals surface area contributed by atoms with Crippen molar-refractivity contribution in [2.24, 2.45) is 0 Å². The van der Waals surface area contributed by atoms with E-state index in [0.29, 0.717) is 32.7 Å². The summed E-state index contributed by atoms with van der Waals surface area (Å²) in [5.74, 6) is -0.0623. The van der Waals surface area contributed by atoms with E-state index >= 15 is 0 Å². The Labute approximate surface area is 136 Å². The molecule has 2 rings (SSSR count). The zero-order valence-corrected chi connectivity index (χ0v) is 13.7. The number of benzene rings is 1. The van der Waals surface area contributed by atoms with E-state index in [9.17, 15) is 9.59 Å². The summed E-state index contributed by atoms with van der Waals surface area (Å²) in [4.78, 5) is 26.7. The third-order valence-corrected chi connectivity index (χ3v) is 4.27. The summed E-state index contributed by atoms with van der Waals surface area (Å²) in [6.07, 6.45) is 0.143. The summed E-state index contributed by atoms with van der Waals surface area (Å²) < 4.78 is 5.66. The average molecular weight is 320 g/mol. The molecule has 1 heterocycles. The lowest BCUT2D eigenvalue weighted by Crippen LogP contribution is -2.50. The number of hydrogen-bond acceptors (Lipinski definition) is 4. The molecule has 0 saturated carbocycles. The van der Waals surface area contributed by atoms with Gasteiger partial charge in [-0.15, -0.1) is 0 Å². The third-order valence-electron chi connectivity index (χ3n) is 4.27. The van der Waals surface area contributed by atoms with Crippen molar-refractivity contribution < 1.29 is 19.4 Å². The summed E-state index contributed by atoms with van der Waals surface area (Å²) in [7, 11) is 0. The standard InChI is InChI=1S/C17H24N2O4/c1-13-4-3-5-15(14(13)2)23-12-16(20)19-10-8-18(9-11-19)7-6-17(21)22/h3-5H,6-12H2,1-2H3,(H,21,22). The molecule has 1 fully saturated rings. The number of rotatable bonds is 6. The SMILES string of the molecule is Cc1cccc(OCC(=O)N2CCN(CCC(=O)O)CC2)c1C. The second-order valence-electron chi connectivity index (χ2n) is 5.85. The quantitative estimate of drug-likeness (QED) is 0.855. The van der Waals surface area contributed by atoms with Crippen LogP contribution < -0.4 is 4.74 Å². The summed E-state index contributed by atoms with van der Waals surface area (Å²) in [6.45, 7) is 7.24. The molecular weight excluding hydrogens is 296 g/mol. The Hall–Kier alpha value is -2.08. The van der Waals surface area contributed by atoms with E-state index in [-0.39, 0.29) is 18.9 Å². The lowest BCUT2D eigenvalue weighted by molar-refractivity contribution is -0.139. The fourth-order valence-electron chi connectivity index (χ4n) is 2.59. The van der Waals surface area contributed by atoms with E-state index in [0.717, 1.165) is 16.9 Å². The normalized spacial score (nSPS) is 15.5. The molecular formula is C17H24N2O4. The number of piperazine rings is 1. The molecule has 6 nitrogen and oxygen atoms in total. The number of aliphatic carboxylic acids is 1. The fraction of sp³-hybridized carbons (Fsp3) is 0.529. The molecule has 0 aliphatic carbocycles. The summed E-state index contributed by atoms with van der Waals surface area (Å²) in [5, 5.41) is 8.70. The van der Waals surface area contributed by atoms with Gasteiger partial charge in [-0.3, -0.25) is 14.5 Å². The Balaban J connectivity index is 1.77. The molecule has 1 saturated heterocycles. The minimum absolute atomic E-state index is 0.0243. The van der Waals surface area contributed by atoms with Crippen LogP contribution in [0.3, 0.4) is 0 Å². The van der Waals surface area contributed by atoms with E-state index in [1.54, 1.807) is 4.90 Å². The zero-order valence-electron chi connectivity index (χ0n) is 13.7. The molecule has 23 heavy (non-hydrogen) atoms. The summed E-state index contributed by atoms with van der Waals surface area (Å²) in [6, 6.07) is 5.81. The molecule has 0 bridgehead atoms. The molecule has 0 spiro atoms. The number of carboxylic acids is 1. The van der Waals surface area contributed by atoms with Crippen LogP contribution in [0.2, 0.25) is 0 Å². The molecule has 6 heteroatoms. The molecule has 1 aromatic carbocycles. The van der Waals surface area contributed by atoms with E-state index in [2.05, 4.69) is 4.90 Å². The van der Waals surface area contributed by atoms with E-state index in [1.807, 2.05) is 32.0 Å². The fourth-order valence-corrected chi connectivity index (χ4v) is 2.59. The number of hydrogen-bond donors (Lipinski definition) is 1. The van der Waals surface area contributed by atoms with Crippen molar-refractivity contribution in [2.75, 3.05) is 39.3 Å². The highest BCUT2D eigenvalue weighted by molar-refractivity contribution is 5.78. The topological polar surface area (TPSA) is 70.1 Å². The lowest BCUT2D eigenvalue weighted by Gasteiger charge is -2.34. The highest BCUT2D eigenvalue weighted by atomic mass is 16.5. The van der Waals surface area contributed by atoms with Gasteiger partial charge in [-0.2, -0.15) is 0 Å². The first-order chi connectivity index (χ1) is 11.0.